The van der Waals surface area contributed by atoms with Crippen molar-refractivity contribution in [1.82, 2.24) is 4.98 Å². The maximum absolute atomic E-state index is 5.36. The van der Waals surface area contributed by atoms with Gasteiger partial charge in [-0.05, 0) is 12.1 Å². The highest BCUT2D eigenvalue weighted by Gasteiger charge is 2.08. The number of nitrogens with zero attached hydrogens (tertiary/aromatic N) is 1. The van der Waals surface area contributed by atoms with Crippen molar-refractivity contribution < 1.29 is 4.74 Å². The predicted octanol–water partition coefficient (Wildman–Crippen LogP) is 5.19. The number of halogens is 1. The first-order valence-corrected chi connectivity index (χ1v) is 8.51. The lowest BCUT2D eigenvalue weighted by atomic mass is 10.2. The fourth-order valence-corrected chi connectivity index (χ4v) is 3.36. The van der Waals surface area contributed by atoms with Crippen LogP contribution in [0.4, 0.5) is 5.13 Å². The van der Waals surface area contributed by atoms with E-state index in [1.54, 1.807) is 18.4 Å². The number of para-hydroxylation sites is 1. The second kappa shape index (κ2) is 6.94. The highest BCUT2D eigenvalue weighted by molar-refractivity contribution is 9.10. The van der Waals surface area contributed by atoms with E-state index >= 15 is 0 Å². The smallest absolute Gasteiger partial charge is 0.183 e. The predicted molar refractivity (Wildman–Crippen MR) is 95.6 cm³/mol. The third-order valence-corrected chi connectivity index (χ3v) is 4.77. The van der Waals surface area contributed by atoms with Crippen molar-refractivity contribution in [1.29, 1.82) is 0 Å². The minimum Gasteiger partial charge on any atom is -0.496 e. The van der Waals surface area contributed by atoms with Crippen molar-refractivity contribution in [3.8, 4) is 17.0 Å². The molecule has 0 aliphatic rings. The number of thiazole rings is 1. The van der Waals surface area contributed by atoms with Crippen LogP contribution in [0.3, 0.4) is 0 Å². The van der Waals surface area contributed by atoms with Crippen molar-refractivity contribution >= 4 is 32.4 Å². The average Bonchev–Trinajstić information content (AvgIpc) is 3.02. The lowest BCUT2D eigenvalue weighted by Gasteiger charge is -2.08. The summed E-state index contributed by atoms with van der Waals surface area (Å²) in [5.74, 6) is 0.887. The van der Waals surface area contributed by atoms with Crippen molar-refractivity contribution in [2.45, 2.75) is 6.54 Å². The summed E-state index contributed by atoms with van der Waals surface area (Å²) in [5, 5.41) is 6.32. The van der Waals surface area contributed by atoms with Crippen LogP contribution in [0.2, 0.25) is 0 Å². The third kappa shape index (κ3) is 3.31. The van der Waals surface area contributed by atoms with Crippen LogP contribution >= 0.6 is 27.3 Å². The molecule has 0 fully saturated rings. The SMILES string of the molecule is COc1ccccc1CNc1nc(-c2ccccc2Br)cs1. The molecule has 0 amide bonds. The van der Waals surface area contributed by atoms with Gasteiger partial charge in [0.2, 0.25) is 0 Å². The molecule has 22 heavy (non-hydrogen) atoms. The molecule has 0 spiro atoms. The fourth-order valence-electron chi connectivity index (χ4n) is 2.17. The molecule has 0 atom stereocenters. The molecule has 5 heteroatoms. The van der Waals surface area contributed by atoms with E-state index in [0.717, 1.165) is 32.2 Å². The number of hydrogen-bond acceptors (Lipinski definition) is 4. The number of anilines is 1. The van der Waals surface area contributed by atoms with Gasteiger partial charge in [-0.3, -0.25) is 0 Å². The van der Waals surface area contributed by atoms with E-state index < -0.39 is 0 Å². The number of rotatable bonds is 5. The summed E-state index contributed by atoms with van der Waals surface area (Å²) in [5.41, 5.74) is 3.19. The van der Waals surface area contributed by atoms with Gasteiger partial charge in [0.05, 0.1) is 12.8 Å². The highest BCUT2D eigenvalue weighted by Crippen LogP contribution is 2.31. The Morgan fingerprint density at radius 2 is 1.91 bits per heavy atom. The normalized spacial score (nSPS) is 10.5. The molecule has 2 aromatic carbocycles. The van der Waals surface area contributed by atoms with Crippen LogP contribution in [0.25, 0.3) is 11.3 Å². The molecule has 1 heterocycles. The van der Waals surface area contributed by atoms with Crippen molar-refractivity contribution in [3.63, 3.8) is 0 Å². The maximum atomic E-state index is 5.36. The monoisotopic (exact) mass is 374 g/mol. The van der Waals surface area contributed by atoms with Gasteiger partial charge in [-0.2, -0.15) is 0 Å². The Morgan fingerprint density at radius 3 is 2.73 bits per heavy atom. The largest absolute Gasteiger partial charge is 0.496 e. The Labute approximate surface area is 142 Å². The van der Waals surface area contributed by atoms with E-state index in [9.17, 15) is 0 Å². The van der Waals surface area contributed by atoms with Crippen LogP contribution < -0.4 is 10.1 Å². The Balaban J connectivity index is 1.74. The summed E-state index contributed by atoms with van der Waals surface area (Å²) in [6, 6.07) is 16.1. The maximum Gasteiger partial charge on any atom is 0.183 e. The molecule has 0 unspecified atom stereocenters. The number of hydrogen-bond donors (Lipinski definition) is 1. The van der Waals surface area contributed by atoms with E-state index in [2.05, 4.69) is 37.7 Å². The molecule has 3 aromatic rings. The molecule has 0 bridgehead atoms. The standard InChI is InChI=1S/C17H15BrN2OS/c1-21-16-9-5-2-6-12(16)10-19-17-20-15(11-22-17)13-7-3-4-8-14(13)18/h2-9,11H,10H2,1H3,(H,19,20). The van der Waals surface area contributed by atoms with Gasteiger partial charge in [0, 0.05) is 27.5 Å². The molecular formula is C17H15BrN2OS. The zero-order valence-electron chi connectivity index (χ0n) is 12.0. The second-order valence-corrected chi connectivity index (χ2v) is 6.40. The Hall–Kier alpha value is -1.85. The molecule has 112 valence electrons. The molecule has 0 saturated heterocycles. The number of nitrogens with one attached hydrogen (secondary N) is 1. The number of benzene rings is 2. The van der Waals surface area contributed by atoms with Crippen LogP contribution in [0, 0.1) is 0 Å². The molecule has 0 aliphatic carbocycles. The lowest BCUT2D eigenvalue weighted by molar-refractivity contribution is 0.410. The molecule has 3 nitrogen and oxygen atoms in total. The highest BCUT2D eigenvalue weighted by atomic mass is 79.9. The van der Waals surface area contributed by atoms with Crippen LogP contribution in [-0.4, -0.2) is 12.1 Å². The summed E-state index contributed by atoms with van der Waals surface area (Å²) >= 11 is 5.17. The van der Waals surface area contributed by atoms with E-state index in [1.165, 1.54) is 0 Å². The van der Waals surface area contributed by atoms with Gasteiger partial charge in [0.25, 0.3) is 0 Å². The average molecular weight is 375 g/mol. The first-order valence-electron chi connectivity index (χ1n) is 6.84. The summed E-state index contributed by atoms with van der Waals surface area (Å²) in [4.78, 5) is 4.65. The van der Waals surface area contributed by atoms with Crippen molar-refractivity contribution in [2.24, 2.45) is 0 Å². The van der Waals surface area contributed by atoms with E-state index in [4.69, 9.17) is 4.74 Å². The Bertz CT molecular complexity index is 773. The topological polar surface area (TPSA) is 34.1 Å². The van der Waals surface area contributed by atoms with Crippen LogP contribution in [-0.2, 0) is 6.54 Å². The fraction of sp³-hybridized carbons (Fsp3) is 0.118. The van der Waals surface area contributed by atoms with Gasteiger partial charge in [-0.15, -0.1) is 11.3 Å². The van der Waals surface area contributed by atoms with Gasteiger partial charge in [-0.25, -0.2) is 4.98 Å². The Kier molecular flexibility index (Phi) is 4.75. The Morgan fingerprint density at radius 1 is 1.14 bits per heavy atom. The zero-order valence-corrected chi connectivity index (χ0v) is 14.4. The van der Waals surface area contributed by atoms with Crippen LogP contribution in [0.15, 0.2) is 58.4 Å². The van der Waals surface area contributed by atoms with Crippen molar-refractivity contribution in [3.05, 3.63) is 63.9 Å². The number of ether oxygens (including phenoxy) is 1. The lowest BCUT2D eigenvalue weighted by Crippen LogP contribution is -2.01. The molecule has 3 rings (SSSR count). The van der Waals surface area contributed by atoms with Crippen LogP contribution in [0.1, 0.15) is 5.56 Å². The zero-order chi connectivity index (χ0) is 15.4. The van der Waals surface area contributed by atoms with E-state index in [0.29, 0.717) is 6.54 Å². The summed E-state index contributed by atoms with van der Waals surface area (Å²) in [6.07, 6.45) is 0. The van der Waals surface area contributed by atoms with Crippen LogP contribution in [0.5, 0.6) is 5.75 Å². The minimum absolute atomic E-state index is 0.687. The number of methoxy groups -OCH3 is 1. The van der Waals surface area contributed by atoms with E-state index in [-0.39, 0.29) is 0 Å². The molecule has 1 N–H and O–H groups in total. The third-order valence-electron chi connectivity index (χ3n) is 3.28. The number of aromatic nitrogens is 1. The van der Waals surface area contributed by atoms with Gasteiger partial charge < -0.3 is 10.1 Å². The van der Waals surface area contributed by atoms with Gasteiger partial charge >= 0.3 is 0 Å². The minimum atomic E-state index is 0.687. The van der Waals surface area contributed by atoms with Gasteiger partial charge in [0.1, 0.15) is 5.75 Å². The quantitative estimate of drug-likeness (QED) is 0.666. The van der Waals surface area contributed by atoms with Gasteiger partial charge in [0.15, 0.2) is 5.13 Å². The summed E-state index contributed by atoms with van der Waals surface area (Å²) in [6.45, 7) is 0.687. The first-order chi connectivity index (χ1) is 10.8. The van der Waals surface area contributed by atoms with Crippen molar-refractivity contribution in [2.75, 3.05) is 12.4 Å². The molecule has 1 aromatic heterocycles. The first kappa shape index (κ1) is 15.1. The van der Waals surface area contributed by atoms with E-state index in [1.807, 2.05) is 42.5 Å². The second-order valence-electron chi connectivity index (χ2n) is 4.68. The molecule has 0 aliphatic heterocycles. The molecule has 0 saturated carbocycles. The molecular weight excluding hydrogens is 360 g/mol. The van der Waals surface area contributed by atoms with Gasteiger partial charge in [-0.1, -0.05) is 52.3 Å². The summed E-state index contributed by atoms with van der Waals surface area (Å²) in [7, 11) is 1.69. The summed E-state index contributed by atoms with van der Waals surface area (Å²) < 4.78 is 6.41. The molecule has 0 radical (unpaired) electrons.